The molecule has 0 spiro atoms. The van der Waals surface area contributed by atoms with Crippen molar-refractivity contribution in [2.24, 2.45) is 0 Å². The van der Waals surface area contributed by atoms with E-state index in [-0.39, 0.29) is 37.8 Å². The van der Waals surface area contributed by atoms with Gasteiger partial charge in [0.25, 0.3) is 0 Å². The smallest absolute Gasteiger partial charge is 0.0809 e. The Morgan fingerprint density at radius 1 is 1.12 bits per heavy atom. The SMILES string of the molecule is CC(C)(C)[NH-].Cl.Cl.[CH2-]CO[Si](C)(C)C.[CH3-].[Si]=[Zr].c1ccc2[cH-]ccc2c1. The Morgan fingerprint density at radius 2 is 1.54 bits per heavy atom. The quantitative estimate of drug-likeness (QED) is 0.316. The van der Waals surface area contributed by atoms with E-state index in [1.54, 1.807) is 0 Å². The molecular weight excluding hydrogens is 477 g/mol. The van der Waals surface area contributed by atoms with Crippen LogP contribution in [0.5, 0.6) is 0 Å². The van der Waals surface area contributed by atoms with Crippen molar-refractivity contribution in [2.75, 3.05) is 6.61 Å². The first kappa shape index (κ1) is 37.4. The summed E-state index contributed by atoms with van der Waals surface area (Å²) < 4.78 is 5.26. The molecule has 2 radical (unpaired) electrons. The number of rotatable bonds is 2. The Hall–Kier alpha value is 0.647. The molecular formula is C19H35Cl2NOSi2Zr-4. The van der Waals surface area contributed by atoms with Crippen LogP contribution < -0.4 is 0 Å². The summed E-state index contributed by atoms with van der Waals surface area (Å²) in [5.74, 6) is 0. The number of hydrogen-bond donors (Lipinski definition) is 0. The van der Waals surface area contributed by atoms with Gasteiger partial charge in [-0.15, -0.1) is 60.0 Å². The number of nitrogens with one attached hydrogen (secondary N) is 1. The molecule has 0 amide bonds. The molecule has 0 heterocycles. The van der Waals surface area contributed by atoms with Crippen molar-refractivity contribution in [3.05, 3.63) is 62.5 Å². The van der Waals surface area contributed by atoms with E-state index in [4.69, 9.17) is 10.2 Å². The fraction of sp³-hybridized carbons (Fsp3) is 0.421. The molecule has 7 heteroatoms. The van der Waals surface area contributed by atoms with Crippen molar-refractivity contribution in [3.8, 4) is 0 Å². The Balaban J connectivity index is -0.0000000795. The fourth-order valence-electron chi connectivity index (χ4n) is 1.38. The van der Waals surface area contributed by atoms with Crippen LogP contribution in [0.3, 0.4) is 0 Å². The van der Waals surface area contributed by atoms with E-state index in [2.05, 4.69) is 75.9 Å². The largest absolute Gasteiger partial charge is 0.168 e. The Bertz CT molecular complexity index is 490. The first-order valence-corrected chi connectivity index (χ1v) is 15.2. The zero-order chi connectivity index (χ0) is 18.5. The van der Waals surface area contributed by atoms with Crippen LogP contribution in [0.4, 0.5) is 0 Å². The summed E-state index contributed by atoms with van der Waals surface area (Å²) >= 11 is 1.36. The maximum atomic E-state index is 6.94. The van der Waals surface area contributed by atoms with Gasteiger partial charge in [-0.05, 0) is 19.6 Å². The van der Waals surface area contributed by atoms with Crippen LogP contribution in [0.2, 0.25) is 19.6 Å². The normalized spacial score (nSPS) is 9.19. The van der Waals surface area contributed by atoms with Crippen molar-refractivity contribution in [3.63, 3.8) is 0 Å². The van der Waals surface area contributed by atoms with Crippen molar-refractivity contribution >= 4 is 50.8 Å². The second kappa shape index (κ2) is 20.4. The minimum atomic E-state index is -1.22. The Morgan fingerprint density at radius 3 is 1.85 bits per heavy atom. The third kappa shape index (κ3) is 29.4. The molecule has 0 aromatic heterocycles. The van der Waals surface area contributed by atoms with Crippen LogP contribution in [0.15, 0.2) is 42.5 Å². The standard InChI is InChI=1S/C9H7.C5H13OSi.C4H10N.CH3.2ClH.Si.Zr/c1-2-5-9-7-3-6-8(9)4-1;1-5-6-7(2,3)4;1-4(2,3)5;;;;;/h1-7H;1,5H2,2-4H3;5H,1-3H3;1H3;2*1H;;/q4*-1;;;;. The maximum absolute atomic E-state index is 6.94. The summed E-state index contributed by atoms with van der Waals surface area (Å²) in [6.07, 6.45) is 0. The molecule has 0 saturated heterocycles. The molecule has 0 aliphatic rings. The second-order valence-corrected chi connectivity index (χ2v) is 11.4. The predicted octanol–water partition coefficient (Wildman–Crippen LogP) is 6.98. The third-order valence-electron chi connectivity index (χ3n) is 2.08. The van der Waals surface area contributed by atoms with Gasteiger partial charge in [0.1, 0.15) is 0 Å². The van der Waals surface area contributed by atoms with Crippen LogP contribution in [-0.4, -0.2) is 27.3 Å². The average Bonchev–Trinajstić information content (AvgIpc) is 2.86. The number of hydrogen-bond acceptors (Lipinski definition) is 1. The van der Waals surface area contributed by atoms with Gasteiger partial charge in [0.15, 0.2) is 8.32 Å². The van der Waals surface area contributed by atoms with Gasteiger partial charge < -0.3 is 24.5 Å². The summed E-state index contributed by atoms with van der Waals surface area (Å²) in [4.78, 5) is 0. The van der Waals surface area contributed by atoms with Crippen molar-refractivity contribution in [1.82, 2.24) is 0 Å². The maximum Gasteiger partial charge on any atom is -0.0809 e. The van der Waals surface area contributed by atoms with E-state index in [0.29, 0.717) is 6.61 Å². The number of halogens is 2. The topological polar surface area (TPSA) is 33.0 Å². The number of benzene rings is 1. The van der Waals surface area contributed by atoms with E-state index >= 15 is 0 Å². The fourth-order valence-corrected chi connectivity index (χ4v) is 1.99. The van der Waals surface area contributed by atoms with Crippen LogP contribution in [0, 0.1) is 14.4 Å². The molecule has 152 valence electrons. The molecule has 0 saturated carbocycles. The summed E-state index contributed by atoms with van der Waals surface area (Å²) in [6, 6.07) is 14.7. The van der Waals surface area contributed by atoms with Gasteiger partial charge in [0.05, 0.1) is 0 Å². The van der Waals surface area contributed by atoms with E-state index in [0.717, 1.165) is 0 Å². The molecule has 0 bridgehead atoms. The molecule has 0 fully saturated rings. The van der Waals surface area contributed by atoms with E-state index in [9.17, 15) is 0 Å². The molecule has 0 aliphatic heterocycles. The first-order valence-electron chi connectivity index (χ1n) is 7.56. The molecule has 1 N–H and O–H groups in total. The van der Waals surface area contributed by atoms with Crippen LogP contribution >= 0.6 is 24.8 Å². The van der Waals surface area contributed by atoms with Crippen LogP contribution in [0.1, 0.15) is 20.8 Å². The van der Waals surface area contributed by atoms with Crippen LogP contribution in [-0.2, 0) is 27.8 Å². The average molecular weight is 512 g/mol. The monoisotopic (exact) mass is 509 g/mol. The second-order valence-electron chi connectivity index (χ2n) is 6.87. The molecule has 0 aliphatic carbocycles. The van der Waals surface area contributed by atoms with Gasteiger partial charge in [-0.1, -0.05) is 33.4 Å². The molecule has 26 heavy (non-hydrogen) atoms. The first-order chi connectivity index (χ1) is 10.5. The Labute approximate surface area is 192 Å². The van der Waals surface area contributed by atoms with E-state index < -0.39 is 8.32 Å². The minimum absolute atomic E-state index is 0. The van der Waals surface area contributed by atoms with Crippen LogP contribution in [0.25, 0.3) is 16.5 Å². The molecule has 0 unspecified atom stereocenters. The minimum Gasteiger partial charge on any atom is -0.168 e. The van der Waals surface area contributed by atoms with Gasteiger partial charge in [0.2, 0.25) is 0 Å². The summed E-state index contributed by atoms with van der Waals surface area (Å²) in [6.45, 7) is 19.3. The molecule has 2 aromatic carbocycles. The van der Waals surface area contributed by atoms with Gasteiger partial charge in [-0.25, -0.2) is 0 Å². The molecule has 0 atom stereocenters. The van der Waals surface area contributed by atoms with E-state index in [1.807, 2.05) is 20.8 Å². The summed E-state index contributed by atoms with van der Waals surface area (Å²) in [5.41, 5.74) is 6.69. The Kier molecular flexibility index (Phi) is 29.3. The molecule has 2 nitrogen and oxygen atoms in total. The van der Waals surface area contributed by atoms with E-state index in [1.165, 1.54) is 34.1 Å². The summed E-state index contributed by atoms with van der Waals surface area (Å²) in [7, 11) is -1.22. The zero-order valence-electron chi connectivity index (χ0n) is 17.2. The molecule has 2 aromatic rings. The van der Waals surface area contributed by atoms with Crippen molar-refractivity contribution in [2.45, 2.75) is 46.0 Å². The van der Waals surface area contributed by atoms with Gasteiger partial charge in [-0.3, -0.25) is 0 Å². The van der Waals surface area contributed by atoms with Gasteiger partial charge >= 0.3 is 30.2 Å². The summed E-state index contributed by atoms with van der Waals surface area (Å²) in [5, 5.41) is 2.66. The van der Waals surface area contributed by atoms with Gasteiger partial charge in [0, 0.05) is 0 Å². The predicted molar refractivity (Wildman–Crippen MR) is 125 cm³/mol. The zero-order valence-corrected chi connectivity index (χ0v) is 23.3. The number of fused-ring (bicyclic) bond motifs is 1. The van der Waals surface area contributed by atoms with Crippen molar-refractivity contribution in [1.29, 1.82) is 0 Å². The van der Waals surface area contributed by atoms with Crippen molar-refractivity contribution < 1.29 is 27.8 Å². The van der Waals surface area contributed by atoms with Gasteiger partial charge in [-0.2, -0.15) is 17.5 Å². The molecule has 2 rings (SSSR count). The third-order valence-corrected chi connectivity index (χ3v) is 3.15.